The van der Waals surface area contributed by atoms with Crippen molar-refractivity contribution in [2.24, 2.45) is 5.92 Å². The average molecular weight is 318 g/mol. The molecular weight excluding hydrogens is 307 g/mol. The fourth-order valence-electron chi connectivity index (χ4n) is 1.29. The van der Waals surface area contributed by atoms with Gasteiger partial charge in [-0.25, -0.2) is 0 Å². The minimum absolute atomic E-state index is 0.318. The first-order chi connectivity index (χ1) is 7.06. The third-order valence-corrected chi connectivity index (χ3v) is 2.87. The van der Waals surface area contributed by atoms with Crippen LogP contribution in [0.5, 0.6) is 0 Å². The minimum Gasteiger partial charge on any atom is -0.481 e. The molecule has 1 unspecified atom stereocenters. The number of hydrogen-bond acceptors (Lipinski definition) is 2. The molecule has 1 aromatic rings. The van der Waals surface area contributed by atoms with E-state index in [1.807, 2.05) is 0 Å². The molecule has 1 aromatic carbocycles. The van der Waals surface area contributed by atoms with Crippen molar-refractivity contribution in [3.05, 3.63) is 33.4 Å². The second-order valence-corrected chi connectivity index (χ2v) is 4.42. The van der Waals surface area contributed by atoms with Crippen LogP contribution in [0.2, 0.25) is 0 Å². The van der Waals surface area contributed by atoms with Crippen LogP contribution < -0.4 is 0 Å². The molecule has 0 spiro atoms. The minimum atomic E-state index is -1.05. The number of carbonyl (C=O) groups excluding carboxylic acids is 1. The van der Waals surface area contributed by atoms with Crippen LogP contribution in [0.25, 0.3) is 0 Å². The number of carboxylic acids is 1. The number of benzene rings is 1. The van der Waals surface area contributed by atoms with Crippen molar-refractivity contribution in [3.63, 3.8) is 0 Å². The second-order valence-electron chi connectivity index (χ2n) is 3.17. The standard InChI is InChI=1S/C11H11IO3/c1-2-9(11(14)15)10(13)7-3-5-8(12)6-4-7/h3-6,9H,2H2,1H3,(H,14,15). The Morgan fingerprint density at radius 1 is 1.33 bits per heavy atom. The van der Waals surface area contributed by atoms with Crippen molar-refractivity contribution in [2.45, 2.75) is 13.3 Å². The Bertz CT molecular complexity index is 370. The van der Waals surface area contributed by atoms with Gasteiger partial charge in [-0.2, -0.15) is 0 Å². The highest BCUT2D eigenvalue weighted by atomic mass is 127. The van der Waals surface area contributed by atoms with E-state index in [1.54, 1.807) is 31.2 Å². The largest absolute Gasteiger partial charge is 0.481 e. The van der Waals surface area contributed by atoms with Crippen LogP contribution in [-0.4, -0.2) is 16.9 Å². The maximum Gasteiger partial charge on any atom is 0.314 e. The lowest BCUT2D eigenvalue weighted by Gasteiger charge is -2.08. The van der Waals surface area contributed by atoms with Crippen molar-refractivity contribution in [1.82, 2.24) is 0 Å². The van der Waals surface area contributed by atoms with Crippen molar-refractivity contribution >= 4 is 34.3 Å². The number of carbonyl (C=O) groups is 2. The van der Waals surface area contributed by atoms with Gasteiger partial charge in [0.05, 0.1) is 0 Å². The summed E-state index contributed by atoms with van der Waals surface area (Å²) in [6, 6.07) is 6.91. The molecule has 80 valence electrons. The summed E-state index contributed by atoms with van der Waals surface area (Å²) in [4.78, 5) is 22.5. The molecule has 1 atom stereocenters. The van der Waals surface area contributed by atoms with Crippen molar-refractivity contribution < 1.29 is 14.7 Å². The normalized spacial score (nSPS) is 12.1. The lowest BCUT2D eigenvalue weighted by atomic mass is 9.95. The zero-order valence-electron chi connectivity index (χ0n) is 8.24. The van der Waals surface area contributed by atoms with Gasteiger partial charge >= 0.3 is 5.97 Å². The highest BCUT2D eigenvalue weighted by molar-refractivity contribution is 14.1. The first kappa shape index (κ1) is 12.2. The van der Waals surface area contributed by atoms with E-state index >= 15 is 0 Å². The molecule has 0 fully saturated rings. The summed E-state index contributed by atoms with van der Waals surface area (Å²) < 4.78 is 1.02. The summed E-state index contributed by atoms with van der Waals surface area (Å²) in [5, 5.41) is 8.84. The zero-order chi connectivity index (χ0) is 11.4. The molecule has 0 bridgehead atoms. The van der Waals surface area contributed by atoms with Gasteiger partial charge in [0.1, 0.15) is 5.92 Å². The van der Waals surface area contributed by atoms with Crippen LogP contribution >= 0.6 is 22.6 Å². The van der Waals surface area contributed by atoms with Gasteiger partial charge in [0.15, 0.2) is 5.78 Å². The Hall–Kier alpha value is -0.910. The summed E-state index contributed by atoms with van der Waals surface area (Å²) in [5.41, 5.74) is 0.463. The Kier molecular flexibility index (Phi) is 4.26. The Labute approximate surface area is 102 Å². The van der Waals surface area contributed by atoms with E-state index < -0.39 is 11.9 Å². The molecule has 0 aromatic heterocycles. The van der Waals surface area contributed by atoms with E-state index in [9.17, 15) is 9.59 Å². The summed E-state index contributed by atoms with van der Waals surface area (Å²) in [6.07, 6.45) is 0.320. The van der Waals surface area contributed by atoms with Gasteiger partial charge in [0, 0.05) is 9.13 Å². The van der Waals surface area contributed by atoms with Gasteiger partial charge in [-0.05, 0) is 41.1 Å². The first-order valence-corrected chi connectivity index (χ1v) is 5.66. The van der Waals surface area contributed by atoms with Crippen LogP contribution in [0, 0.1) is 9.49 Å². The quantitative estimate of drug-likeness (QED) is 0.527. The molecule has 0 aliphatic heterocycles. The topological polar surface area (TPSA) is 54.4 Å². The van der Waals surface area contributed by atoms with Crippen LogP contribution in [0.3, 0.4) is 0 Å². The summed E-state index contributed by atoms with van der Waals surface area (Å²) in [6.45, 7) is 1.70. The van der Waals surface area contributed by atoms with Crippen LogP contribution in [0.1, 0.15) is 23.7 Å². The first-order valence-electron chi connectivity index (χ1n) is 4.58. The van der Waals surface area contributed by atoms with Gasteiger partial charge in [0.2, 0.25) is 0 Å². The van der Waals surface area contributed by atoms with E-state index in [-0.39, 0.29) is 5.78 Å². The number of rotatable bonds is 4. The maximum atomic E-state index is 11.7. The lowest BCUT2D eigenvalue weighted by Crippen LogP contribution is -2.23. The molecule has 0 aliphatic rings. The molecule has 0 radical (unpaired) electrons. The molecule has 0 heterocycles. The molecule has 0 saturated heterocycles. The third kappa shape index (κ3) is 3.02. The number of Topliss-reactive ketones (excluding diaryl/α,β-unsaturated/α-hetero) is 1. The maximum absolute atomic E-state index is 11.7. The van der Waals surface area contributed by atoms with Gasteiger partial charge in [-0.1, -0.05) is 19.1 Å². The lowest BCUT2D eigenvalue weighted by molar-refractivity contribution is -0.140. The van der Waals surface area contributed by atoms with Gasteiger partial charge in [-0.3, -0.25) is 9.59 Å². The van der Waals surface area contributed by atoms with E-state index in [1.165, 1.54) is 0 Å². The monoisotopic (exact) mass is 318 g/mol. The summed E-state index contributed by atoms with van der Waals surface area (Å²) >= 11 is 2.13. The van der Waals surface area contributed by atoms with Crippen molar-refractivity contribution in [2.75, 3.05) is 0 Å². The molecule has 0 aliphatic carbocycles. The van der Waals surface area contributed by atoms with E-state index in [0.717, 1.165) is 3.57 Å². The summed E-state index contributed by atoms with van der Waals surface area (Å²) in [5.74, 6) is -2.30. The van der Waals surface area contributed by atoms with E-state index in [0.29, 0.717) is 12.0 Å². The molecule has 3 nitrogen and oxygen atoms in total. The Morgan fingerprint density at radius 3 is 2.27 bits per heavy atom. The zero-order valence-corrected chi connectivity index (χ0v) is 10.4. The number of halogens is 1. The molecule has 0 amide bonds. The van der Waals surface area contributed by atoms with Crippen molar-refractivity contribution in [3.8, 4) is 0 Å². The van der Waals surface area contributed by atoms with Gasteiger partial charge < -0.3 is 5.11 Å². The van der Waals surface area contributed by atoms with Crippen LogP contribution in [0.4, 0.5) is 0 Å². The average Bonchev–Trinajstić information content (AvgIpc) is 2.19. The molecule has 0 saturated carbocycles. The SMILES string of the molecule is CCC(C(=O)O)C(=O)c1ccc(I)cc1. The third-order valence-electron chi connectivity index (χ3n) is 2.15. The molecule has 4 heteroatoms. The molecule has 1 rings (SSSR count). The van der Waals surface area contributed by atoms with E-state index in [2.05, 4.69) is 22.6 Å². The highest BCUT2D eigenvalue weighted by Crippen LogP contribution is 2.14. The predicted octanol–water partition coefficient (Wildman–Crippen LogP) is 2.58. The number of hydrogen-bond donors (Lipinski definition) is 1. The predicted molar refractivity (Wildman–Crippen MR) is 64.9 cm³/mol. The Balaban J connectivity index is 2.93. The number of ketones is 1. The van der Waals surface area contributed by atoms with Crippen molar-refractivity contribution in [1.29, 1.82) is 0 Å². The van der Waals surface area contributed by atoms with Gasteiger partial charge in [0.25, 0.3) is 0 Å². The fraction of sp³-hybridized carbons (Fsp3) is 0.273. The number of aliphatic carboxylic acids is 1. The van der Waals surface area contributed by atoms with Crippen LogP contribution in [-0.2, 0) is 4.79 Å². The molecular formula is C11H11IO3. The second kappa shape index (κ2) is 5.25. The molecule has 1 N–H and O–H groups in total. The fourth-order valence-corrected chi connectivity index (χ4v) is 1.65. The van der Waals surface area contributed by atoms with Crippen LogP contribution in [0.15, 0.2) is 24.3 Å². The summed E-state index contributed by atoms with van der Waals surface area (Å²) in [7, 11) is 0. The smallest absolute Gasteiger partial charge is 0.314 e. The van der Waals surface area contributed by atoms with E-state index in [4.69, 9.17) is 5.11 Å². The van der Waals surface area contributed by atoms with Gasteiger partial charge in [-0.15, -0.1) is 0 Å². The highest BCUT2D eigenvalue weighted by Gasteiger charge is 2.24. The number of carboxylic acid groups (broad SMARTS) is 1. The Morgan fingerprint density at radius 2 is 1.87 bits per heavy atom. The molecule has 15 heavy (non-hydrogen) atoms.